The van der Waals surface area contributed by atoms with Crippen molar-refractivity contribution < 1.29 is 9.53 Å². The van der Waals surface area contributed by atoms with Gasteiger partial charge in [0.1, 0.15) is 5.75 Å². The van der Waals surface area contributed by atoms with Crippen molar-refractivity contribution in [2.45, 2.75) is 4.90 Å². The summed E-state index contributed by atoms with van der Waals surface area (Å²) in [5, 5.41) is 0. The second-order valence-electron chi connectivity index (χ2n) is 6.10. The molecule has 5 heteroatoms. The Morgan fingerprint density at radius 2 is 1.80 bits per heavy atom. The summed E-state index contributed by atoms with van der Waals surface area (Å²) < 4.78 is 5.22. The summed E-state index contributed by atoms with van der Waals surface area (Å²) in [6.45, 7) is 1.48. The molecule has 25 heavy (non-hydrogen) atoms. The van der Waals surface area contributed by atoms with E-state index in [2.05, 4.69) is 11.0 Å². The van der Waals surface area contributed by atoms with Crippen LogP contribution in [0.25, 0.3) is 4.91 Å². The van der Waals surface area contributed by atoms with Gasteiger partial charge in [-0.05, 0) is 43.9 Å². The Morgan fingerprint density at radius 3 is 2.48 bits per heavy atom. The maximum atomic E-state index is 12.9. The number of benzene rings is 2. The first kappa shape index (κ1) is 17.6. The van der Waals surface area contributed by atoms with E-state index < -0.39 is 0 Å². The van der Waals surface area contributed by atoms with Gasteiger partial charge < -0.3 is 14.5 Å². The lowest BCUT2D eigenvalue weighted by molar-refractivity contribution is -0.114. The summed E-state index contributed by atoms with van der Waals surface area (Å²) in [7, 11) is 5.68. The zero-order valence-corrected chi connectivity index (χ0v) is 15.5. The maximum Gasteiger partial charge on any atom is 0.252 e. The molecule has 1 aliphatic heterocycles. The molecule has 0 radical (unpaired) electrons. The van der Waals surface area contributed by atoms with E-state index in [9.17, 15) is 4.79 Å². The molecule has 0 saturated heterocycles. The van der Waals surface area contributed by atoms with Crippen molar-refractivity contribution in [2.24, 2.45) is 0 Å². The van der Waals surface area contributed by atoms with Gasteiger partial charge in [0.2, 0.25) is 0 Å². The standard InChI is InChI=1S/C20H22N2O2S/c1-21(2)12-13-22-17-6-4-5-7-18(17)25-19(14-20(22)23)15-8-10-16(24-3)11-9-15/h4-11,14H,12-13H2,1-3H3. The second-order valence-corrected chi connectivity index (χ2v) is 7.18. The fourth-order valence-electron chi connectivity index (χ4n) is 2.65. The van der Waals surface area contributed by atoms with Crippen LogP contribution in [0.5, 0.6) is 5.75 Å². The third-order valence-corrected chi connectivity index (χ3v) is 5.18. The molecular weight excluding hydrogens is 332 g/mol. The fraction of sp³-hybridized carbons (Fsp3) is 0.250. The lowest BCUT2D eigenvalue weighted by Gasteiger charge is -2.23. The topological polar surface area (TPSA) is 32.8 Å². The van der Waals surface area contributed by atoms with Gasteiger partial charge in [0.05, 0.1) is 12.8 Å². The van der Waals surface area contributed by atoms with Crippen LogP contribution in [0.2, 0.25) is 0 Å². The quantitative estimate of drug-likeness (QED) is 0.819. The minimum atomic E-state index is 0.0186. The van der Waals surface area contributed by atoms with E-state index in [-0.39, 0.29) is 5.91 Å². The number of ether oxygens (including phenoxy) is 1. The van der Waals surface area contributed by atoms with E-state index >= 15 is 0 Å². The number of thioether (sulfide) groups is 1. The number of amides is 1. The number of carbonyl (C=O) groups excluding carboxylic acids is 1. The van der Waals surface area contributed by atoms with Crippen LogP contribution in [0.15, 0.2) is 59.5 Å². The average molecular weight is 354 g/mol. The van der Waals surface area contributed by atoms with Gasteiger partial charge in [0.25, 0.3) is 5.91 Å². The van der Waals surface area contributed by atoms with Crippen LogP contribution in [0, 0.1) is 0 Å². The predicted octanol–water partition coefficient (Wildman–Crippen LogP) is 3.74. The fourth-order valence-corrected chi connectivity index (χ4v) is 3.73. The van der Waals surface area contributed by atoms with Crippen molar-refractivity contribution in [2.75, 3.05) is 39.2 Å². The molecule has 1 amide bonds. The third kappa shape index (κ3) is 4.06. The van der Waals surface area contributed by atoms with E-state index in [0.29, 0.717) is 6.54 Å². The van der Waals surface area contributed by atoms with Gasteiger partial charge in [-0.2, -0.15) is 0 Å². The molecule has 0 fully saturated rings. The van der Waals surface area contributed by atoms with Crippen molar-refractivity contribution in [1.29, 1.82) is 0 Å². The highest BCUT2D eigenvalue weighted by Crippen LogP contribution is 2.42. The van der Waals surface area contributed by atoms with Crippen molar-refractivity contribution in [3.05, 3.63) is 60.2 Å². The molecular formula is C20H22N2O2S. The SMILES string of the molecule is COc1ccc(C2=CC(=O)N(CCN(C)C)c3ccccc3S2)cc1. The molecule has 0 aliphatic carbocycles. The van der Waals surface area contributed by atoms with Gasteiger partial charge in [0, 0.05) is 29.0 Å². The summed E-state index contributed by atoms with van der Waals surface area (Å²) in [5.74, 6) is 0.826. The number of fused-ring (bicyclic) bond motifs is 1. The van der Waals surface area contributed by atoms with E-state index in [1.807, 2.05) is 61.5 Å². The van der Waals surface area contributed by atoms with Gasteiger partial charge >= 0.3 is 0 Å². The molecule has 0 saturated carbocycles. The Kier molecular flexibility index (Phi) is 5.46. The number of anilines is 1. The van der Waals surface area contributed by atoms with Crippen molar-refractivity contribution in [3.8, 4) is 5.75 Å². The van der Waals surface area contributed by atoms with Crippen LogP contribution >= 0.6 is 11.8 Å². The van der Waals surface area contributed by atoms with Crippen LogP contribution in [-0.4, -0.2) is 45.1 Å². The molecule has 0 atom stereocenters. The smallest absolute Gasteiger partial charge is 0.252 e. The number of likely N-dealkylation sites (N-methyl/N-ethyl adjacent to an activating group) is 1. The number of methoxy groups -OCH3 is 1. The van der Waals surface area contributed by atoms with Gasteiger partial charge in [-0.1, -0.05) is 36.0 Å². The first-order valence-corrected chi connectivity index (χ1v) is 8.99. The molecule has 1 aliphatic rings. The molecule has 0 aromatic heterocycles. The highest BCUT2D eigenvalue weighted by Gasteiger charge is 2.23. The number of hydrogen-bond donors (Lipinski definition) is 0. The summed E-state index contributed by atoms with van der Waals surface area (Å²) in [6.07, 6.45) is 1.74. The molecule has 0 unspecified atom stereocenters. The minimum Gasteiger partial charge on any atom is -0.497 e. The number of para-hydroxylation sites is 1. The Labute approximate surface area is 153 Å². The molecule has 4 nitrogen and oxygen atoms in total. The Hall–Kier alpha value is -2.24. The van der Waals surface area contributed by atoms with Crippen molar-refractivity contribution in [1.82, 2.24) is 4.90 Å². The molecule has 2 aromatic carbocycles. The van der Waals surface area contributed by atoms with E-state index in [1.165, 1.54) is 0 Å². The highest BCUT2D eigenvalue weighted by atomic mass is 32.2. The lowest BCUT2D eigenvalue weighted by Crippen LogP contribution is -2.35. The number of nitrogens with zero attached hydrogens (tertiary/aromatic N) is 2. The maximum absolute atomic E-state index is 12.9. The van der Waals surface area contributed by atoms with Crippen LogP contribution in [0.1, 0.15) is 5.56 Å². The van der Waals surface area contributed by atoms with Crippen molar-refractivity contribution >= 4 is 28.3 Å². The van der Waals surface area contributed by atoms with E-state index in [0.717, 1.165) is 33.3 Å². The minimum absolute atomic E-state index is 0.0186. The Bertz CT molecular complexity index is 785. The number of rotatable bonds is 5. The van der Waals surface area contributed by atoms with Gasteiger partial charge in [-0.15, -0.1) is 0 Å². The second kappa shape index (κ2) is 7.76. The van der Waals surface area contributed by atoms with Crippen molar-refractivity contribution in [3.63, 3.8) is 0 Å². The lowest BCUT2D eigenvalue weighted by atomic mass is 10.2. The molecule has 2 aromatic rings. The van der Waals surface area contributed by atoms with Gasteiger partial charge in [-0.3, -0.25) is 4.79 Å². The zero-order chi connectivity index (χ0) is 17.8. The molecule has 1 heterocycles. The first-order valence-electron chi connectivity index (χ1n) is 8.17. The first-order chi connectivity index (χ1) is 12.1. The molecule has 0 N–H and O–H groups in total. The van der Waals surface area contributed by atoms with Gasteiger partial charge in [0.15, 0.2) is 0 Å². The van der Waals surface area contributed by atoms with Crippen LogP contribution < -0.4 is 9.64 Å². The summed E-state index contributed by atoms with van der Waals surface area (Å²) in [4.78, 5) is 18.9. The molecule has 3 rings (SSSR count). The normalized spacial score (nSPS) is 14.2. The monoisotopic (exact) mass is 354 g/mol. The summed E-state index contributed by atoms with van der Waals surface area (Å²) >= 11 is 1.63. The largest absolute Gasteiger partial charge is 0.497 e. The van der Waals surface area contributed by atoms with Gasteiger partial charge in [-0.25, -0.2) is 0 Å². The number of hydrogen-bond acceptors (Lipinski definition) is 4. The summed E-state index contributed by atoms with van der Waals surface area (Å²) in [6, 6.07) is 15.9. The Balaban J connectivity index is 1.97. The third-order valence-electron chi connectivity index (χ3n) is 4.04. The Morgan fingerprint density at radius 1 is 1.08 bits per heavy atom. The van der Waals surface area contributed by atoms with Crippen LogP contribution in [0.3, 0.4) is 0 Å². The van der Waals surface area contributed by atoms with Crippen LogP contribution in [-0.2, 0) is 4.79 Å². The predicted molar refractivity (Wildman–Crippen MR) is 104 cm³/mol. The molecule has 0 spiro atoms. The van der Waals surface area contributed by atoms with E-state index in [1.54, 1.807) is 24.9 Å². The molecule has 0 bridgehead atoms. The summed E-state index contributed by atoms with van der Waals surface area (Å²) in [5.41, 5.74) is 1.99. The van der Waals surface area contributed by atoms with E-state index in [4.69, 9.17) is 4.74 Å². The average Bonchev–Trinajstić information content (AvgIpc) is 2.76. The zero-order valence-electron chi connectivity index (χ0n) is 14.7. The number of carbonyl (C=O) groups is 1. The molecule has 130 valence electrons. The highest BCUT2D eigenvalue weighted by molar-refractivity contribution is 8.08. The van der Waals surface area contributed by atoms with Crippen LogP contribution in [0.4, 0.5) is 5.69 Å².